The number of nitrogens with zero attached hydrogens (tertiary/aromatic N) is 2. The predicted octanol–water partition coefficient (Wildman–Crippen LogP) is 3.29. The molecule has 0 bridgehead atoms. The summed E-state index contributed by atoms with van der Waals surface area (Å²) >= 11 is 0. The van der Waals surface area contributed by atoms with Gasteiger partial charge in [-0.05, 0) is 24.7 Å². The fourth-order valence-corrected chi connectivity index (χ4v) is 3.79. The van der Waals surface area contributed by atoms with Gasteiger partial charge in [0.15, 0.2) is 0 Å². The molecule has 1 heterocycles. The van der Waals surface area contributed by atoms with E-state index in [0.717, 1.165) is 31.5 Å². The second kappa shape index (κ2) is 6.15. The second-order valence-corrected chi connectivity index (χ2v) is 7.02. The van der Waals surface area contributed by atoms with Crippen molar-refractivity contribution in [1.29, 1.82) is 0 Å². The molecule has 20 heavy (non-hydrogen) atoms. The van der Waals surface area contributed by atoms with Crippen LogP contribution in [0.2, 0.25) is 0 Å². The molecule has 1 aliphatic heterocycles. The number of piperidine rings is 1. The van der Waals surface area contributed by atoms with Gasteiger partial charge in [0.05, 0.1) is 5.71 Å². The molecule has 0 aromatic carbocycles. The fraction of sp³-hybridized carbons (Fsp3) is 0.875. The van der Waals surface area contributed by atoms with E-state index in [1.165, 1.54) is 12.8 Å². The number of carbonyl (C=O) groups excluding carboxylic acids is 1. The van der Waals surface area contributed by atoms with E-state index in [0.29, 0.717) is 18.9 Å². The van der Waals surface area contributed by atoms with E-state index in [4.69, 9.17) is 5.21 Å². The van der Waals surface area contributed by atoms with E-state index in [9.17, 15) is 4.79 Å². The lowest BCUT2D eigenvalue weighted by Gasteiger charge is -2.42. The Morgan fingerprint density at radius 2 is 2.20 bits per heavy atom. The van der Waals surface area contributed by atoms with Gasteiger partial charge in [-0.1, -0.05) is 38.8 Å². The van der Waals surface area contributed by atoms with Crippen molar-refractivity contribution in [3.63, 3.8) is 0 Å². The summed E-state index contributed by atoms with van der Waals surface area (Å²) in [5, 5.41) is 12.4. The van der Waals surface area contributed by atoms with Crippen LogP contribution in [0, 0.1) is 17.3 Å². The van der Waals surface area contributed by atoms with Crippen molar-refractivity contribution < 1.29 is 10.0 Å². The molecule has 0 aromatic heterocycles. The minimum atomic E-state index is 0.127. The van der Waals surface area contributed by atoms with Gasteiger partial charge in [-0.2, -0.15) is 0 Å². The molecule has 114 valence electrons. The number of carbonyl (C=O) groups is 1. The largest absolute Gasteiger partial charge is 0.411 e. The summed E-state index contributed by atoms with van der Waals surface area (Å²) in [4.78, 5) is 14.9. The molecular formula is C16H28N2O2. The minimum Gasteiger partial charge on any atom is -0.411 e. The van der Waals surface area contributed by atoms with E-state index in [1.54, 1.807) is 0 Å². The highest BCUT2D eigenvalue weighted by Crippen LogP contribution is 2.41. The molecule has 1 saturated carbocycles. The SMILES string of the molecule is CCC1CN(C(=O)C2CCCCC2(C)C)CCC1=NO. The van der Waals surface area contributed by atoms with Crippen LogP contribution in [0.1, 0.15) is 59.3 Å². The number of likely N-dealkylation sites (tertiary alicyclic amines) is 1. The Bertz CT molecular complexity index is 390. The standard InChI is InChI=1S/C16H28N2O2/c1-4-12-11-18(10-8-14(12)17-20)15(19)13-7-5-6-9-16(13,2)3/h12-13,20H,4-11H2,1-3H3. The summed E-state index contributed by atoms with van der Waals surface area (Å²) in [6.07, 6.45) is 6.24. The van der Waals surface area contributed by atoms with Crippen LogP contribution in [0.4, 0.5) is 0 Å². The van der Waals surface area contributed by atoms with Crippen LogP contribution in [-0.2, 0) is 4.79 Å². The maximum absolute atomic E-state index is 12.8. The molecule has 2 fully saturated rings. The second-order valence-electron chi connectivity index (χ2n) is 7.02. The molecule has 0 aromatic rings. The lowest BCUT2D eigenvalue weighted by Crippen LogP contribution is -2.49. The van der Waals surface area contributed by atoms with E-state index >= 15 is 0 Å². The maximum Gasteiger partial charge on any atom is 0.226 e. The number of amides is 1. The molecule has 1 N–H and O–H groups in total. The van der Waals surface area contributed by atoms with Gasteiger partial charge in [0.2, 0.25) is 5.91 Å². The molecule has 1 aliphatic carbocycles. The average molecular weight is 280 g/mol. The van der Waals surface area contributed by atoms with Crippen molar-refractivity contribution in [2.45, 2.75) is 59.3 Å². The van der Waals surface area contributed by atoms with Crippen LogP contribution < -0.4 is 0 Å². The first-order chi connectivity index (χ1) is 9.49. The normalized spacial score (nSPS) is 32.4. The molecular weight excluding hydrogens is 252 g/mol. The Balaban J connectivity index is 2.06. The summed E-state index contributed by atoms with van der Waals surface area (Å²) in [5.41, 5.74) is 0.988. The first-order valence-electron chi connectivity index (χ1n) is 7.99. The third kappa shape index (κ3) is 2.99. The summed E-state index contributed by atoms with van der Waals surface area (Å²) in [6.45, 7) is 7.99. The molecule has 2 aliphatic rings. The Labute approximate surface area is 122 Å². The molecule has 0 spiro atoms. The van der Waals surface area contributed by atoms with Crippen LogP contribution >= 0.6 is 0 Å². The van der Waals surface area contributed by atoms with Gasteiger partial charge in [0, 0.05) is 31.3 Å². The van der Waals surface area contributed by atoms with Crippen LogP contribution in [0.3, 0.4) is 0 Å². The van der Waals surface area contributed by atoms with Crippen molar-refractivity contribution in [2.75, 3.05) is 13.1 Å². The lowest BCUT2D eigenvalue weighted by atomic mass is 9.68. The highest BCUT2D eigenvalue weighted by atomic mass is 16.4. The molecule has 4 heteroatoms. The Hall–Kier alpha value is -1.06. The lowest BCUT2D eigenvalue weighted by molar-refractivity contribution is -0.141. The van der Waals surface area contributed by atoms with Gasteiger partial charge in [-0.25, -0.2) is 0 Å². The zero-order valence-corrected chi connectivity index (χ0v) is 13.1. The number of hydrogen-bond acceptors (Lipinski definition) is 3. The summed E-state index contributed by atoms with van der Waals surface area (Å²) < 4.78 is 0. The Morgan fingerprint density at radius 1 is 1.45 bits per heavy atom. The van der Waals surface area contributed by atoms with Crippen LogP contribution in [0.5, 0.6) is 0 Å². The van der Waals surface area contributed by atoms with Gasteiger partial charge < -0.3 is 10.1 Å². The first kappa shape index (κ1) is 15.3. The molecule has 2 unspecified atom stereocenters. The van der Waals surface area contributed by atoms with Crippen molar-refractivity contribution in [3.05, 3.63) is 0 Å². The van der Waals surface area contributed by atoms with Crippen molar-refractivity contribution in [1.82, 2.24) is 4.90 Å². The molecule has 4 nitrogen and oxygen atoms in total. The molecule has 1 amide bonds. The van der Waals surface area contributed by atoms with E-state index in [-0.39, 0.29) is 17.3 Å². The summed E-state index contributed by atoms with van der Waals surface area (Å²) in [5.74, 6) is 0.718. The predicted molar refractivity (Wildman–Crippen MR) is 79.9 cm³/mol. The van der Waals surface area contributed by atoms with E-state index < -0.39 is 0 Å². The molecule has 0 radical (unpaired) electrons. The molecule has 1 saturated heterocycles. The van der Waals surface area contributed by atoms with Gasteiger partial charge in [0.1, 0.15) is 0 Å². The van der Waals surface area contributed by atoms with Gasteiger partial charge in [-0.3, -0.25) is 4.79 Å². The zero-order valence-electron chi connectivity index (χ0n) is 13.1. The number of oxime groups is 1. The number of rotatable bonds is 2. The van der Waals surface area contributed by atoms with E-state index in [2.05, 4.69) is 25.9 Å². The highest BCUT2D eigenvalue weighted by Gasteiger charge is 2.40. The molecule has 2 atom stereocenters. The fourth-order valence-electron chi connectivity index (χ4n) is 3.79. The van der Waals surface area contributed by atoms with Crippen molar-refractivity contribution in [3.8, 4) is 0 Å². The third-order valence-corrected chi connectivity index (χ3v) is 5.29. The van der Waals surface area contributed by atoms with Crippen LogP contribution in [0.15, 0.2) is 5.16 Å². The van der Waals surface area contributed by atoms with Gasteiger partial charge in [-0.15, -0.1) is 0 Å². The first-order valence-corrected chi connectivity index (χ1v) is 7.99. The summed E-state index contributed by atoms with van der Waals surface area (Å²) in [7, 11) is 0. The smallest absolute Gasteiger partial charge is 0.226 e. The van der Waals surface area contributed by atoms with E-state index in [1.807, 2.05) is 4.90 Å². The third-order valence-electron chi connectivity index (χ3n) is 5.29. The maximum atomic E-state index is 12.8. The Kier molecular flexibility index (Phi) is 4.71. The van der Waals surface area contributed by atoms with Gasteiger partial charge in [0.25, 0.3) is 0 Å². The van der Waals surface area contributed by atoms with Crippen LogP contribution in [-0.4, -0.2) is 34.8 Å². The minimum absolute atomic E-state index is 0.127. The van der Waals surface area contributed by atoms with Crippen molar-refractivity contribution in [2.24, 2.45) is 22.4 Å². The zero-order chi connectivity index (χ0) is 14.8. The molecule has 2 rings (SSSR count). The quantitative estimate of drug-likeness (QED) is 0.623. The topological polar surface area (TPSA) is 52.9 Å². The Morgan fingerprint density at radius 3 is 2.80 bits per heavy atom. The van der Waals surface area contributed by atoms with Crippen LogP contribution in [0.25, 0.3) is 0 Å². The monoisotopic (exact) mass is 280 g/mol. The van der Waals surface area contributed by atoms with Crippen molar-refractivity contribution >= 4 is 11.6 Å². The van der Waals surface area contributed by atoms with Gasteiger partial charge >= 0.3 is 0 Å². The average Bonchev–Trinajstić information content (AvgIpc) is 2.45. The summed E-state index contributed by atoms with van der Waals surface area (Å²) in [6, 6.07) is 0. The number of hydrogen-bond donors (Lipinski definition) is 1. The highest BCUT2D eigenvalue weighted by molar-refractivity contribution is 5.89.